The van der Waals surface area contributed by atoms with Crippen LogP contribution in [0.15, 0.2) is 18.2 Å². The Kier molecular flexibility index (Phi) is 3.49. The number of ether oxygens (including phenoxy) is 2. The van der Waals surface area contributed by atoms with Crippen molar-refractivity contribution in [2.45, 2.75) is 18.9 Å². The number of benzene rings is 1. The molecule has 0 unspecified atom stereocenters. The highest BCUT2D eigenvalue weighted by Gasteiger charge is 2.19. The van der Waals surface area contributed by atoms with Gasteiger partial charge in [-0.05, 0) is 31.5 Å². The van der Waals surface area contributed by atoms with Gasteiger partial charge in [0.1, 0.15) is 6.04 Å². The molecular formula is C12H15NO4. The Morgan fingerprint density at radius 1 is 1.53 bits per heavy atom. The van der Waals surface area contributed by atoms with E-state index < -0.39 is 12.0 Å². The molecule has 1 atom stereocenters. The second-order valence-corrected chi connectivity index (χ2v) is 3.87. The van der Waals surface area contributed by atoms with Gasteiger partial charge in [0.2, 0.25) is 6.79 Å². The second-order valence-electron chi connectivity index (χ2n) is 3.87. The predicted molar refractivity (Wildman–Crippen MR) is 61.4 cm³/mol. The minimum absolute atomic E-state index is 0.237. The summed E-state index contributed by atoms with van der Waals surface area (Å²) in [4.78, 5) is 10.9. The van der Waals surface area contributed by atoms with E-state index in [1.54, 1.807) is 7.05 Å². The van der Waals surface area contributed by atoms with Crippen LogP contribution in [0.3, 0.4) is 0 Å². The first-order valence-electron chi connectivity index (χ1n) is 5.50. The molecule has 0 saturated carbocycles. The lowest BCUT2D eigenvalue weighted by atomic mass is 10.0. The number of hydrogen-bond acceptors (Lipinski definition) is 4. The van der Waals surface area contributed by atoms with E-state index in [0.717, 1.165) is 17.1 Å². The smallest absolute Gasteiger partial charge is 0.320 e. The van der Waals surface area contributed by atoms with Gasteiger partial charge in [-0.3, -0.25) is 4.79 Å². The summed E-state index contributed by atoms with van der Waals surface area (Å²) >= 11 is 0. The third-order valence-corrected chi connectivity index (χ3v) is 2.83. The van der Waals surface area contributed by atoms with Crippen molar-refractivity contribution < 1.29 is 19.4 Å². The Labute approximate surface area is 99.3 Å². The molecule has 1 aliphatic heterocycles. The van der Waals surface area contributed by atoms with Gasteiger partial charge < -0.3 is 19.9 Å². The summed E-state index contributed by atoms with van der Waals surface area (Å²) in [7, 11) is 1.65. The van der Waals surface area contributed by atoms with E-state index in [1.807, 2.05) is 18.2 Å². The molecule has 0 spiro atoms. The van der Waals surface area contributed by atoms with E-state index in [0.29, 0.717) is 12.8 Å². The van der Waals surface area contributed by atoms with Crippen LogP contribution in [0.4, 0.5) is 0 Å². The number of carboxylic acids is 1. The van der Waals surface area contributed by atoms with Crippen molar-refractivity contribution in [2.75, 3.05) is 13.8 Å². The zero-order valence-corrected chi connectivity index (χ0v) is 9.60. The molecule has 2 N–H and O–H groups in total. The van der Waals surface area contributed by atoms with Crippen LogP contribution in [0.2, 0.25) is 0 Å². The topological polar surface area (TPSA) is 67.8 Å². The molecule has 1 aromatic carbocycles. The number of aliphatic carboxylic acids is 1. The van der Waals surface area contributed by atoms with E-state index in [9.17, 15) is 4.79 Å². The molecule has 5 heteroatoms. The van der Waals surface area contributed by atoms with Gasteiger partial charge in [0, 0.05) is 0 Å². The first-order valence-corrected chi connectivity index (χ1v) is 5.50. The zero-order chi connectivity index (χ0) is 12.3. The molecule has 1 aromatic rings. The molecule has 0 bridgehead atoms. The summed E-state index contributed by atoms with van der Waals surface area (Å²) in [6.45, 7) is 0.237. The maximum absolute atomic E-state index is 10.9. The van der Waals surface area contributed by atoms with E-state index in [4.69, 9.17) is 14.6 Å². The van der Waals surface area contributed by atoms with Gasteiger partial charge >= 0.3 is 5.97 Å². The quantitative estimate of drug-likeness (QED) is 0.800. The fourth-order valence-corrected chi connectivity index (χ4v) is 1.88. The van der Waals surface area contributed by atoms with Crippen molar-refractivity contribution in [3.63, 3.8) is 0 Å². The SMILES string of the molecule is CN[C@@H](CCc1cccc2c1OCO2)C(=O)O. The lowest BCUT2D eigenvalue weighted by molar-refractivity contribution is -0.139. The van der Waals surface area contributed by atoms with Crippen LogP contribution >= 0.6 is 0 Å². The largest absolute Gasteiger partial charge is 0.480 e. The number of para-hydroxylation sites is 1. The molecule has 0 saturated heterocycles. The van der Waals surface area contributed by atoms with E-state index >= 15 is 0 Å². The number of rotatable bonds is 5. The molecule has 0 aliphatic carbocycles. The average Bonchev–Trinajstić information content (AvgIpc) is 2.78. The monoisotopic (exact) mass is 237 g/mol. The molecule has 1 aliphatic rings. The van der Waals surface area contributed by atoms with Crippen molar-refractivity contribution in [3.05, 3.63) is 23.8 Å². The summed E-state index contributed by atoms with van der Waals surface area (Å²) in [5, 5.41) is 11.7. The van der Waals surface area contributed by atoms with Crippen LogP contribution in [0.1, 0.15) is 12.0 Å². The van der Waals surface area contributed by atoms with Crippen LogP contribution in [0.5, 0.6) is 11.5 Å². The minimum Gasteiger partial charge on any atom is -0.480 e. The molecule has 0 radical (unpaired) electrons. The standard InChI is InChI=1S/C12H15NO4/c1-13-9(12(14)15)6-5-8-3-2-4-10-11(8)17-7-16-10/h2-4,9,13H,5-7H2,1H3,(H,14,15)/t9-/m0/s1. The van der Waals surface area contributed by atoms with Crippen LogP contribution in [0.25, 0.3) is 0 Å². The number of hydrogen-bond donors (Lipinski definition) is 2. The third kappa shape index (κ3) is 2.50. The molecule has 0 amide bonds. The van der Waals surface area contributed by atoms with Crippen molar-refractivity contribution >= 4 is 5.97 Å². The maximum atomic E-state index is 10.9. The van der Waals surface area contributed by atoms with Gasteiger partial charge in [-0.2, -0.15) is 0 Å². The van der Waals surface area contributed by atoms with E-state index in [-0.39, 0.29) is 6.79 Å². The Morgan fingerprint density at radius 2 is 2.35 bits per heavy atom. The number of aryl methyl sites for hydroxylation is 1. The molecule has 2 rings (SSSR count). The fourth-order valence-electron chi connectivity index (χ4n) is 1.88. The highest BCUT2D eigenvalue weighted by atomic mass is 16.7. The molecule has 17 heavy (non-hydrogen) atoms. The Balaban J connectivity index is 2.04. The molecular weight excluding hydrogens is 222 g/mol. The summed E-state index contributed by atoms with van der Waals surface area (Å²) < 4.78 is 10.6. The van der Waals surface area contributed by atoms with Crippen molar-refractivity contribution in [1.29, 1.82) is 0 Å². The highest BCUT2D eigenvalue weighted by molar-refractivity contribution is 5.73. The van der Waals surface area contributed by atoms with Gasteiger partial charge in [0.05, 0.1) is 0 Å². The van der Waals surface area contributed by atoms with Crippen molar-refractivity contribution in [2.24, 2.45) is 0 Å². The summed E-state index contributed by atoms with van der Waals surface area (Å²) in [5.74, 6) is 0.642. The Morgan fingerprint density at radius 3 is 3.06 bits per heavy atom. The third-order valence-electron chi connectivity index (χ3n) is 2.83. The fraction of sp³-hybridized carbons (Fsp3) is 0.417. The van der Waals surface area contributed by atoms with Crippen LogP contribution in [-0.4, -0.2) is 31.0 Å². The zero-order valence-electron chi connectivity index (χ0n) is 9.60. The average molecular weight is 237 g/mol. The van der Waals surface area contributed by atoms with Crippen LogP contribution < -0.4 is 14.8 Å². The van der Waals surface area contributed by atoms with Crippen molar-refractivity contribution in [1.82, 2.24) is 5.32 Å². The second kappa shape index (κ2) is 5.05. The van der Waals surface area contributed by atoms with Gasteiger partial charge in [-0.25, -0.2) is 0 Å². The molecule has 5 nitrogen and oxygen atoms in total. The first kappa shape index (κ1) is 11.7. The van der Waals surface area contributed by atoms with E-state index in [1.165, 1.54) is 0 Å². The first-order chi connectivity index (χ1) is 8.22. The summed E-state index contributed by atoms with van der Waals surface area (Å²) in [6, 6.07) is 5.13. The molecule has 0 aromatic heterocycles. The van der Waals surface area contributed by atoms with Gasteiger partial charge in [-0.1, -0.05) is 12.1 Å². The molecule has 1 heterocycles. The van der Waals surface area contributed by atoms with Crippen LogP contribution in [-0.2, 0) is 11.2 Å². The highest BCUT2D eigenvalue weighted by Crippen LogP contribution is 2.35. The Bertz CT molecular complexity index is 419. The summed E-state index contributed by atoms with van der Waals surface area (Å²) in [6.07, 6.45) is 1.16. The normalized spacial score (nSPS) is 14.6. The van der Waals surface area contributed by atoms with Crippen LogP contribution in [0, 0.1) is 0 Å². The predicted octanol–water partition coefficient (Wildman–Crippen LogP) is 1.02. The number of likely N-dealkylation sites (N-methyl/N-ethyl adjacent to an activating group) is 1. The molecule has 0 fully saturated rings. The number of fused-ring (bicyclic) bond motifs is 1. The lowest BCUT2D eigenvalue weighted by Gasteiger charge is -2.11. The lowest BCUT2D eigenvalue weighted by Crippen LogP contribution is -2.34. The number of carbonyl (C=O) groups is 1. The van der Waals surface area contributed by atoms with Gasteiger partial charge in [0.15, 0.2) is 11.5 Å². The van der Waals surface area contributed by atoms with E-state index in [2.05, 4.69) is 5.32 Å². The number of nitrogens with one attached hydrogen (secondary N) is 1. The van der Waals surface area contributed by atoms with Crippen molar-refractivity contribution in [3.8, 4) is 11.5 Å². The number of carboxylic acid groups (broad SMARTS) is 1. The maximum Gasteiger partial charge on any atom is 0.320 e. The Hall–Kier alpha value is -1.75. The van der Waals surface area contributed by atoms with Gasteiger partial charge in [0.25, 0.3) is 0 Å². The summed E-state index contributed by atoms with van der Waals surface area (Å²) in [5.41, 5.74) is 0.988. The minimum atomic E-state index is -0.836. The van der Waals surface area contributed by atoms with Gasteiger partial charge in [-0.15, -0.1) is 0 Å². The molecule has 92 valence electrons.